The Labute approximate surface area is 158 Å². The normalized spacial score (nSPS) is 31.8. The molecule has 25 heavy (non-hydrogen) atoms. The van der Waals surface area contributed by atoms with E-state index < -0.39 is 0 Å². The molecule has 1 nitrogen and oxygen atoms in total. The maximum atomic E-state index is 2.74. The van der Waals surface area contributed by atoms with Crippen LogP contribution in [0.25, 0.3) is 0 Å². The lowest BCUT2D eigenvalue weighted by molar-refractivity contribution is 0.0442. The third-order valence-electron chi connectivity index (χ3n) is 8.31. The van der Waals surface area contributed by atoms with Crippen molar-refractivity contribution in [3.05, 3.63) is 0 Å². The molecule has 1 heteroatoms. The van der Waals surface area contributed by atoms with Gasteiger partial charge in [0.05, 0.1) is 0 Å². The van der Waals surface area contributed by atoms with Gasteiger partial charge in [0, 0.05) is 6.54 Å². The van der Waals surface area contributed by atoms with E-state index in [1.165, 1.54) is 103 Å². The quantitative estimate of drug-likeness (QED) is 0.504. The Balaban J connectivity index is 1.40. The van der Waals surface area contributed by atoms with E-state index in [0.29, 0.717) is 5.41 Å². The number of likely N-dealkylation sites (tertiary alicyclic amines) is 1. The second-order valence-electron chi connectivity index (χ2n) is 10.6. The van der Waals surface area contributed by atoms with Gasteiger partial charge in [-0.1, -0.05) is 59.3 Å². The van der Waals surface area contributed by atoms with E-state index in [9.17, 15) is 0 Å². The van der Waals surface area contributed by atoms with Gasteiger partial charge in [0.1, 0.15) is 0 Å². The van der Waals surface area contributed by atoms with Gasteiger partial charge in [-0.3, -0.25) is 0 Å². The molecule has 0 amide bonds. The van der Waals surface area contributed by atoms with Gasteiger partial charge in [-0.2, -0.15) is 0 Å². The van der Waals surface area contributed by atoms with E-state index >= 15 is 0 Å². The second-order valence-corrected chi connectivity index (χ2v) is 10.6. The highest BCUT2D eigenvalue weighted by Gasteiger charge is 2.39. The number of piperidine rings is 1. The average molecular weight is 348 g/mol. The summed E-state index contributed by atoms with van der Waals surface area (Å²) in [6.45, 7) is 11.9. The highest BCUT2D eigenvalue weighted by molar-refractivity contribution is 4.89. The Morgan fingerprint density at radius 2 is 1.32 bits per heavy atom. The van der Waals surface area contributed by atoms with Crippen LogP contribution in [0.2, 0.25) is 0 Å². The fraction of sp³-hybridized carbons (Fsp3) is 1.00. The smallest absolute Gasteiger partial charge is 0.000712 e. The van der Waals surface area contributed by atoms with Crippen LogP contribution >= 0.6 is 0 Å². The number of hydrogen-bond donors (Lipinski definition) is 0. The Kier molecular flexibility index (Phi) is 7.29. The van der Waals surface area contributed by atoms with Crippen LogP contribution in [0.3, 0.4) is 0 Å². The lowest BCUT2D eigenvalue weighted by Crippen LogP contribution is -2.37. The van der Waals surface area contributed by atoms with E-state index in [2.05, 4.69) is 25.7 Å². The first-order valence-electron chi connectivity index (χ1n) is 11.8. The maximum absolute atomic E-state index is 2.74. The van der Waals surface area contributed by atoms with Crippen molar-refractivity contribution in [1.82, 2.24) is 4.90 Å². The van der Waals surface area contributed by atoms with E-state index in [1.54, 1.807) is 0 Å². The Hall–Kier alpha value is -0.0400. The Morgan fingerprint density at radius 1 is 0.760 bits per heavy atom. The van der Waals surface area contributed by atoms with Gasteiger partial charge in [0.15, 0.2) is 0 Å². The predicted molar refractivity (Wildman–Crippen MR) is 110 cm³/mol. The van der Waals surface area contributed by atoms with E-state index in [1.807, 2.05) is 0 Å². The fourth-order valence-electron chi connectivity index (χ4n) is 6.55. The van der Waals surface area contributed by atoms with E-state index in [-0.39, 0.29) is 0 Å². The molecule has 146 valence electrons. The molecule has 1 atom stereocenters. The SMILES string of the molecule is CC(CC1CCC(C(C)(C)C2CCCCC2)CC1)CN1CCCCC1. The van der Waals surface area contributed by atoms with Crippen LogP contribution in [0.1, 0.15) is 104 Å². The van der Waals surface area contributed by atoms with Crippen LogP contribution in [-0.4, -0.2) is 24.5 Å². The van der Waals surface area contributed by atoms with Crippen LogP contribution in [0.4, 0.5) is 0 Å². The van der Waals surface area contributed by atoms with Gasteiger partial charge in [0.2, 0.25) is 0 Å². The second kappa shape index (κ2) is 9.25. The van der Waals surface area contributed by atoms with Crippen molar-refractivity contribution in [1.29, 1.82) is 0 Å². The Morgan fingerprint density at radius 3 is 1.96 bits per heavy atom. The van der Waals surface area contributed by atoms with Crippen molar-refractivity contribution in [3.63, 3.8) is 0 Å². The minimum atomic E-state index is 0.602. The lowest BCUT2D eigenvalue weighted by Gasteiger charge is -2.46. The van der Waals surface area contributed by atoms with Crippen molar-refractivity contribution >= 4 is 0 Å². The van der Waals surface area contributed by atoms with Crippen LogP contribution < -0.4 is 0 Å². The summed E-state index contributed by atoms with van der Waals surface area (Å²) in [5.41, 5.74) is 0.602. The molecule has 1 unspecified atom stereocenters. The molecular formula is C24H45N. The van der Waals surface area contributed by atoms with Crippen molar-refractivity contribution in [2.24, 2.45) is 29.1 Å². The van der Waals surface area contributed by atoms with Crippen molar-refractivity contribution in [2.75, 3.05) is 19.6 Å². The molecule has 0 radical (unpaired) electrons. The predicted octanol–water partition coefficient (Wildman–Crippen LogP) is 6.91. The molecule has 0 aromatic carbocycles. The highest BCUT2D eigenvalue weighted by Crippen LogP contribution is 2.49. The lowest BCUT2D eigenvalue weighted by atomic mass is 9.60. The number of nitrogens with zero attached hydrogens (tertiary/aromatic N) is 1. The molecule has 3 aliphatic rings. The maximum Gasteiger partial charge on any atom is 0.000712 e. The molecular weight excluding hydrogens is 302 g/mol. The average Bonchev–Trinajstić information content (AvgIpc) is 2.63. The molecule has 2 aliphatic carbocycles. The zero-order valence-corrected chi connectivity index (χ0v) is 17.6. The third kappa shape index (κ3) is 5.47. The summed E-state index contributed by atoms with van der Waals surface area (Å²) in [5, 5.41) is 0. The third-order valence-corrected chi connectivity index (χ3v) is 8.31. The summed E-state index contributed by atoms with van der Waals surface area (Å²) >= 11 is 0. The standard InChI is InChI=1S/C24H45N/c1-20(19-25-16-8-5-9-17-25)18-21-12-14-23(15-13-21)24(2,3)22-10-6-4-7-11-22/h20-23H,4-19H2,1-3H3. The van der Waals surface area contributed by atoms with Crippen molar-refractivity contribution in [3.8, 4) is 0 Å². The molecule has 0 spiro atoms. The van der Waals surface area contributed by atoms with Gasteiger partial charge >= 0.3 is 0 Å². The zero-order valence-electron chi connectivity index (χ0n) is 17.6. The molecule has 0 aromatic heterocycles. The van der Waals surface area contributed by atoms with Crippen molar-refractivity contribution in [2.45, 2.75) is 104 Å². The molecule has 1 saturated heterocycles. The monoisotopic (exact) mass is 347 g/mol. The zero-order chi connectivity index (χ0) is 17.7. The minimum absolute atomic E-state index is 0.602. The van der Waals surface area contributed by atoms with Gasteiger partial charge in [-0.15, -0.1) is 0 Å². The minimum Gasteiger partial charge on any atom is -0.303 e. The topological polar surface area (TPSA) is 3.24 Å². The molecule has 3 rings (SSSR count). The molecule has 2 saturated carbocycles. The molecule has 1 heterocycles. The molecule has 0 bridgehead atoms. The summed E-state index contributed by atoms with van der Waals surface area (Å²) in [4.78, 5) is 2.74. The van der Waals surface area contributed by atoms with Crippen LogP contribution in [0.5, 0.6) is 0 Å². The van der Waals surface area contributed by atoms with Crippen LogP contribution in [0.15, 0.2) is 0 Å². The summed E-state index contributed by atoms with van der Waals surface area (Å²) in [6, 6.07) is 0. The summed E-state index contributed by atoms with van der Waals surface area (Å²) in [6.07, 6.45) is 19.4. The first kappa shape index (κ1) is 19.7. The summed E-state index contributed by atoms with van der Waals surface area (Å²) in [7, 11) is 0. The van der Waals surface area contributed by atoms with Gasteiger partial charge in [0.25, 0.3) is 0 Å². The highest BCUT2D eigenvalue weighted by atomic mass is 15.1. The summed E-state index contributed by atoms with van der Waals surface area (Å²) < 4.78 is 0. The molecule has 1 aliphatic heterocycles. The molecule has 3 fully saturated rings. The first-order chi connectivity index (χ1) is 12.1. The van der Waals surface area contributed by atoms with Crippen LogP contribution in [-0.2, 0) is 0 Å². The van der Waals surface area contributed by atoms with Gasteiger partial charge in [-0.25, -0.2) is 0 Å². The summed E-state index contributed by atoms with van der Waals surface area (Å²) in [5.74, 6) is 3.95. The first-order valence-corrected chi connectivity index (χ1v) is 11.8. The Bertz CT molecular complexity index is 368. The number of rotatable bonds is 6. The fourth-order valence-corrected chi connectivity index (χ4v) is 6.55. The molecule has 0 aromatic rings. The number of hydrogen-bond acceptors (Lipinski definition) is 1. The van der Waals surface area contributed by atoms with E-state index in [0.717, 1.165) is 23.7 Å². The van der Waals surface area contributed by atoms with Crippen molar-refractivity contribution < 1.29 is 0 Å². The largest absolute Gasteiger partial charge is 0.303 e. The van der Waals surface area contributed by atoms with Gasteiger partial charge < -0.3 is 4.90 Å². The van der Waals surface area contributed by atoms with Gasteiger partial charge in [-0.05, 0) is 87.1 Å². The molecule has 0 N–H and O–H groups in total. The van der Waals surface area contributed by atoms with Crippen LogP contribution in [0, 0.1) is 29.1 Å². The van der Waals surface area contributed by atoms with E-state index in [4.69, 9.17) is 0 Å².